The summed E-state index contributed by atoms with van der Waals surface area (Å²) in [5, 5.41) is 13.6. The molecule has 1 amide bonds. The van der Waals surface area contributed by atoms with Crippen molar-refractivity contribution in [1.29, 1.82) is 0 Å². The Morgan fingerprint density at radius 3 is 2.62 bits per heavy atom. The highest BCUT2D eigenvalue weighted by Gasteiger charge is 2.32. The quantitative estimate of drug-likeness (QED) is 0.826. The molecule has 2 aromatic rings. The second kappa shape index (κ2) is 6.65. The summed E-state index contributed by atoms with van der Waals surface area (Å²) in [5.41, 5.74) is 1.63. The van der Waals surface area contributed by atoms with Crippen molar-refractivity contribution in [2.45, 2.75) is 76.9 Å². The summed E-state index contributed by atoms with van der Waals surface area (Å²) in [4.78, 5) is 21.8. The number of nitrogens with one attached hydrogen (secondary N) is 1. The molecule has 0 bridgehead atoms. The fourth-order valence-electron chi connectivity index (χ4n) is 4.05. The van der Waals surface area contributed by atoms with E-state index in [1.54, 1.807) is 6.92 Å². The number of aryl methyl sites for hydroxylation is 1. The van der Waals surface area contributed by atoms with E-state index in [1.807, 2.05) is 19.1 Å². The molecule has 2 aliphatic carbocycles. The standard InChI is InChI=1S/C20H28N4O2/c1-13-9-10-16-18(21-13)24(15-7-4-8-15)19(22-16)23-17(25)12-20(2,26)11-14-5-3-6-14/h9-10,14-15,26H,3-8,11-12H2,1-2H3,(H,22,23,25). The van der Waals surface area contributed by atoms with E-state index in [4.69, 9.17) is 0 Å². The molecule has 1 atom stereocenters. The number of rotatable bonds is 6. The van der Waals surface area contributed by atoms with Gasteiger partial charge in [-0.2, -0.15) is 0 Å². The van der Waals surface area contributed by atoms with Gasteiger partial charge in [-0.1, -0.05) is 19.3 Å². The number of imidazole rings is 1. The third-order valence-electron chi connectivity index (χ3n) is 5.86. The van der Waals surface area contributed by atoms with Gasteiger partial charge in [-0.3, -0.25) is 14.7 Å². The fourth-order valence-corrected chi connectivity index (χ4v) is 4.05. The van der Waals surface area contributed by atoms with Crippen molar-refractivity contribution in [2.75, 3.05) is 5.32 Å². The second-order valence-corrected chi connectivity index (χ2v) is 8.41. The number of pyridine rings is 1. The number of fused-ring (bicyclic) bond motifs is 1. The van der Waals surface area contributed by atoms with Gasteiger partial charge >= 0.3 is 0 Å². The number of nitrogens with zero attached hydrogens (tertiary/aromatic N) is 3. The van der Waals surface area contributed by atoms with Crippen LogP contribution < -0.4 is 5.32 Å². The predicted octanol–water partition coefficient (Wildman–Crippen LogP) is 3.73. The van der Waals surface area contributed by atoms with Crippen LogP contribution in [-0.4, -0.2) is 31.1 Å². The monoisotopic (exact) mass is 356 g/mol. The molecule has 1 unspecified atom stereocenters. The molecule has 2 heterocycles. The molecule has 2 saturated carbocycles. The highest BCUT2D eigenvalue weighted by atomic mass is 16.3. The second-order valence-electron chi connectivity index (χ2n) is 8.41. The molecular weight excluding hydrogens is 328 g/mol. The number of aromatic nitrogens is 3. The maximum absolute atomic E-state index is 12.6. The van der Waals surface area contributed by atoms with Crippen molar-refractivity contribution in [3.63, 3.8) is 0 Å². The molecule has 2 N–H and O–H groups in total. The van der Waals surface area contributed by atoms with Crippen molar-refractivity contribution in [3.05, 3.63) is 17.8 Å². The van der Waals surface area contributed by atoms with Gasteiger partial charge in [0.25, 0.3) is 0 Å². The largest absolute Gasteiger partial charge is 0.390 e. The van der Waals surface area contributed by atoms with Gasteiger partial charge in [0.15, 0.2) is 5.65 Å². The van der Waals surface area contributed by atoms with Crippen LogP contribution in [0, 0.1) is 12.8 Å². The summed E-state index contributed by atoms with van der Waals surface area (Å²) in [5.74, 6) is 0.943. The Balaban J connectivity index is 1.53. The first kappa shape index (κ1) is 17.5. The maximum atomic E-state index is 12.6. The lowest BCUT2D eigenvalue weighted by molar-refractivity contribution is -0.121. The average Bonchev–Trinajstić information content (AvgIpc) is 2.79. The molecule has 0 spiro atoms. The molecule has 2 aliphatic rings. The van der Waals surface area contributed by atoms with E-state index in [0.717, 1.165) is 29.7 Å². The summed E-state index contributed by atoms with van der Waals surface area (Å²) < 4.78 is 2.07. The van der Waals surface area contributed by atoms with Crippen LogP contribution in [0.15, 0.2) is 12.1 Å². The minimum atomic E-state index is -0.961. The Hall–Kier alpha value is -1.95. The molecular formula is C20H28N4O2. The number of hydrogen-bond acceptors (Lipinski definition) is 4. The van der Waals surface area contributed by atoms with Crippen LogP contribution in [-0.2, 0) is 4.79 Å². The minimum Gasteiger partial charge on any atom is -0.390 e. The van der Waals surface area contributed by atoms with Gasteiger partial charge in [0.1, 0.15) is 5.52 Å². The first-order valence-electron chi connectivity index (χ1n) is 9.79. The normalized spacial score (nSPS) is 20.4. The molecule has 6 nitrogen and oxygen atoms in total. The predicted molar refractivity (Wildman–Crippen MR) is 101 cm³/mol. The van der Waals surface area contributed by atoms with Gasteiger partial charge in [-0.15, -0.1) is 0 Å². The number of anilines is 1. The topological polar surface area (TPSA) is 80.0 Å². The van der Waals surface area contributed by atoms with Crippen LogP contribution in [0.25, 0.3) is 11.2 Å². The molecule has 2 aromatic heterocycles. The Morgan fingerprint density at radius 2 is 2.00 bits per heavy atom. The van der Waals surface area contributed by atoms with Gasteiger partial charge in [0.05, 0.1) is 12.0 Å². The third kappa shape index (κ3) is 3.47. The first-order valence-corrected chi connectivity index (χ1v) is 9.79. The highest BCUT2D eigenvalue weighted by molar-refractivity contribution is 5.91. The van der Waals surface area contributed by atoms with Crippen LogP contribution in [0.1, 0.15) is 70.0 Å². The molecule has 4 rings (SSSR count). The van der Waals surface area contributed by atoms with Gasteiger partial charge in [-0.05, 0) is 57.6 Å². The van der Waals surface area contributed by atoms with Crippen molar-refractivity contribution in [3.8, 4) is 0 Å². The lowest BCUT2D eigenvalue weighted by Crippen LogP contribution is -2.35. The van der Waals surface area contributed by atoms with E-state index < -0.39 is 5.60 Å². The number of aliphatic hydroxyl groups is 1. The van der Waals surface area contributed by atoms with Gasteiger partial charge < -0.3 is 5.11 Å². The average molecular weight is 356 g/mol. The van der Waals surface area contributed by atoms with E-state index in [-0.39, 0.29) is 12.3 Å². The van der Waals surface area contributed by atoms with Crippen LogP contribution in [0.3, 0.4) is 0 Å². The molecule has 140 valence electrons. The van der Waals surface area contributed by atoms with Gasteiger partial charge in [0.2, 0.25) is 11.9 Å². The van der Waals surface area contributed by atoms with E-state index in [0.29, 0.717) is 24.3 Å². The summed E-state index contributed by atoms with van der Waals surface area (Å²) in [6.07, 6.45) is 7.74. The Labute approximate surface area is 154 Å². The Morgan fingerprint density at radius 1 is 1.27 bits per heavy atom. The molecule has 0 saturated heterocycles. The van der Waals surface area contributed by atoms with Crippen LogP contribution >= 0.6 is 0 Å². The van der Waals surface area contributed by atoms with Crippen LogP contribution in [0.5, 0.6) is 0 Å². The highest BCUT2D eigenvalue weighted by Crippen LogP contribution is 2.37. The summed E-state index contributed by atoms with van der Waals surface area (Å²) in [6.45, 7) is 3.73. The SMILES string of the molecule is Cc1ccc2nc(NC(=O)CC(C)(O)CC3CCC3)n(C3CCC3)c2n1. The smallest absolute Gasteiger partial charge is 0.229 e. The van der Waals surface area contributed by atoms with E-state index in [9.17, 15) is 9.90 Å². The van der Waals surface area contributed by atoms with Crippen LogP contribution in [0.4, 0.5) is 5.95 Å². The molecule has 0 aromatic carbocycles. The lowest BCUT2D eigenvalue weighted by atomic mass is 9.77. The minimum absolute atomic E-state index is 0.101. The number of hydrogen-bond donors (Lipinski definition) is 2. The molecule has 0 aliphatic heterocycles. The van der Waals surface area contributed by atoms with Gasteiger partial charge in [-0.25, -0.2) is 9.97 Å². The first-order chi connectivity index (χ1) is 12.4. The van der Waals surface area contributed by atoms with E-state index >= 15 is 0 Å². The summed E-state index contributed by atoms with van der Waals surface area (Å²) >= 11 is 0. The third-order valence-corrected chi connectivity index (χ3v) is 5.86. The lowest BCUT2D eigenvalue weighted by Gasteiger charge is -2.33. The number of amides is 1. The van der Waals surface area contributed by atoms with Crippen molar-refractivity contribution < 1.29 is 9.90 Å². The number of carbonyl (C=O) groups is 1. The maximum Gasteiger partial charge on any atom is 0.229 e. The van der Waals surface area contributed by atoms with E-state index in [2.05, 4.69) is 19.9 Å². The zero-order valence-electron chi connectivity index (χ0n) is 15.7. The molecule has 6 heteroatoms. The van der Waals surface area contributed by atoms with Crippen LogP contribution in [0.2, 0.25) is 0 Å². The molecule has 26 heavy (non-hydrogen) atoms. The Kier molecular flexibility index (Phi) is 4.47. The van der Waals surface area contributed by atoms with Crippen molar-refractivity contribution in [2.24, 2.45) is 5.92 Å². The van der Waals surface area contributed by atoms with E-state index in [1.165, 1.54) is 25.7 Å². The van der Waals surface area contributed by atoms with Crippen molar-refractivity contribution in [1.82, 2.24) is 14.5 Å². The zero-order chi connectivity index (χ0) is 18.3. The van der Waals surface area contributed by atoms with Crippen molar-refractivity contribution >= 4 is 23.0 Å². The zero-order valence-corrected chi connectivity index (χ0v) is 15.7. The number of carbonyl (C=O) groups excluding carboxylic acids is 1. The molecule has 0 radical (unpaired) electrons. The molecule has 2 fully saturated rings. The Bertz CT molecular complexity index is 819. The summed E-state index contributed by atoms with van der Waals surface area (Å²) in [6, 6.07) is 4.24. The van der Waals surface area contributed by atoms with Gasteiger partial charge in [0, 0.05) is 11.7 Å². The summed E-state index contributed by atoms with van der Waals surface area (Å²) in [7, 11) is 0. The fraction of sp³-hybridized carbons (Fsp3) is 0.650.